The summed E-state index contributed by atoms with van der Waals surface area (Å²) in [6, 6.07) is 2.58. The van der Waals surface area contributed by atoms with Gasteiger partial charge >= 0.3 is 0 Å². The summed E-state index contributed by atoms with van der Waals surface area (Å²) in [5.74, 6) is -1.15. The minimum Gasteiger partial charge on any atom is -0.385 e. The first kappa shape index (κ1) is 14.5. The molecule has 0 spiro atoms. The van der Waals surface area contributed by atoms with Crippen LogP contribution in [0.25, 0.3) is 0 Å². The Labute approximate surface area is 108 Å². The van der Waals surface area contributed by atoms with Crippen LogP contribution in [0.3, 0.4) is 0 Å². The second kappa shape index (κ2) is 5.89. The van der Waals surface area contributed by atoms with Crippen molar-refractivity contribution in [3.63, 3.8) is 0 Å². The van der Waals surface area contributed by atoms with Gasteiger partial charge in [-0.1, -0.05) is 0 Å². The maximum absolute atomic E-state index is 13.7. The van der Waals surface area contributed by atoms with Crippen molar-refractivity contribution in [2.45, 2.75) is 25.3 Å². The molecular weight excluding hydrogens is 292 g/mol. The van der Waals surface area contributed by atoms with Gasteiger partial charge in [-0.15, -0.1) is 0 Å². The molecule has 0 heterocycles. The lowest BCUT2D eigenvalue weighted by molar-refractivity contribution is 0.171. The minimum absolute atomic E-state index is 0.0143. The molecule has 2 nitrogen and oxygen atoms in total. The van der Waals surface area contributed by atoms with Crippen LogP contribution in [0.2, 0.25) is 0 Å². The van der Waals surface area contributed by atoms with Gasteiger partial charge in [-0.25, -0.2) is 8.78 Å². The average molecular weight is 308 g/mol. The maximum atomic E-state index is 13.7. The Balaban J connectivity index is 2.91. The van der Waals surface area contributed by atoms with Crippen molar-refractivity contribution in [1.29, 1.82) is 0 Å². The summed E-state index contributed by atoms with van der Waals surface area (Å²) in [7, 11) is 1.57. The molecule has 17 heavy (non-hydrogen) atoms. The van der Waals surface area contributed by atoms with Crippen molar-refractivity contribution in [3.05, 3.63) is 33.8 Å². The fraction of sp³-hybridized carbons (Fsp3) is 0.500. The fourth-order valence-corrected chi connectivity index (χ4v) is 1.93. The molecular formula is C12H16BrF2NO. The highest BCUT2D eigenvalue weighted by atomic mass is 79.9. The Morgan fingerprint density at radius 2 is 2.06 bits per heavy atom. The molecule has 96 valence electrons. The zero-order valence-corrected chi connectivity index (χ0v) is 11.5. The van der Waals surface area contributed by atoms with Gasteiger partial charge in [0.25, 0.3) is 0 Å². The van der Waals surface area contributed by atoms with Crippen molar-refractivity contribution < 1.29 is 13.5 Å². The molecule has 0 bridgehead atoms. The fourth-order valence-electron chi connectivity index (χ4n) is 1.56. The summed E-state index contributed by atoms with van der Waals surface area (Å²) in [6.45, 7) is 2.22. The smallest absolute Gasteiger partial charge is 0.143 e. The number of methoxy groups -OCH3 is 1. The lowest BCUT2D eigenvalue weighted by Crippen LogP contribution is -2.40. The molecule has 1 unspecified atom stereocenters. The Morgan fingerprint density at radius 1 is 1.41 bits per heavy atom. The van der Waals surface area contributed by atoms with Gasteiger partial charge < -0.3 is 10.5 Å². The monoisotopic (exact) mass is 307 g/mol. The van der Waals surface area contributed by atoms with Crippen LogP contribution in [0.5, 0.6) is 0 Å². The Kier molecular flexibility index (Phi) is 5.04. The Bertz CT molecular complexity index is 396. The van der Waals surface area contributed by atoms with Gasteiger partial charge in [0.2, 0.25) is 0 Å². The topological polar surface area (TPSA) is 35.2 Å². The van der Waals surface area contributed by atoms with Gasteiger partial charge in [-0.2, -0.15) is 0 Å². The minimum atomic E-state index is -0.696. The third kappa shape index (κ3) is 4.01. The highest BCUT2D eigenvalue weighted by molar-refractivity contribution is 9.10. The van der Waals surface area contributed by atoms with Crippen LogP contribution in [0.15, 0.2) is 16.6 Å². The molecule has 1 aromatic rings. The zero-order chi connectivity index (χ0) is 13.1. The number of hydrogen-bond acceptors (Lipinski definition) is 2. The van der Waals surface area contributed by atoms with Gasteiger partial charge in [0.1, 0.15) is 11.6 Å². The van der Waals surface area contributed by atoms with Crippen LogP contribution in [-0.4, -0.2) is 19.3 Å². The molecule has 2 N–H and O–H groups in total. The molecule has 1 atom stereocenters. The highest BCUT2D eigenvalue weighted by Gasteiger charge is 2.23. The van der Waals surface area contributed by atoms with Crippen LogP contribution < -0.4 is 5.73 Å². The molecule has 0 radical (unpaired) electrons. The highest BCUT2D eigenvalue weighted by Crippen LogP contribution is 2.25. The van der Waals surface area contributed by atoms with Crippen molar-refractivity contribution in [2.24, 2.45) is 5.73 Å². The SMILES string of the molecule is COCCC(C)(N)Cc1c(F)ccc(Br)c1F. The summed E-state index contributed by atoms with van der Waals surface area (Å²) in [5.41, 5.74) is 5.31. The molecule has 0 amide bonds. The number of halogens is 3. The normalized spacial score (nSPS) is 14.7. The van der Waals surface area contributed by atoms with Crippen molar-refractivity contribution in [2.75, 3.05) is 13.7 Å². The average Bonchev–Trinajstić information content (AvgIpc) is 2.27. The van der Waals surface area contributed by atoms with Gasteiger partial charge in [0.05, 0.1) is 4.47 Å². The molecule has 0 fully saturated rings. The standard InChI is InChI=1S/C12H16BrF2NO/c1-12(16,5-6-17-2)7-8-10(14)4-3-9(13)11(8)15/h3-4H,5-7,16H2,1-2H3. The van der Waals surface area contributed by atoms with Crippen LogP contribution in [0, 0.1) is 11.6 Å². The quantitative estimate of drug-likeness (QED) is 0.849. The van der Waals surface area contributed by atoms with E-state index in [0.717, 1.165) is 0 Å². The van der Waals surface area contributed by atoms with E-state index < -0.39 is 17.2 Å². The lowest BCUT2D eigenvalue weighted by Gasteiger charge is -2.25. The van der Waals surface area contributed by atoms with E-state index in [-0.39, 0.29) is 16.5 Å². The van der Waals surface area contributed by atoms with Crippen LogP contribution >= 0.6 is 15.9 Å². The van der Waals surface area contributed by atoms with Crippen LogP contribution in [0.4, 0.5) is 8.78 Å². The second-order valence-corrected chi connectivity index (χ2v) is 5.25. The van der Waals surface area contributed by atoms with Crippen molar-refractivity contribution in [1.82, 2.24) is 0 Å². The molecule has 5 heteroatoms. The van der Waals surface area contributed by atoms with E-state index in [9.17, 15) is 8.78 Å². The summed E-state index contributed by atoms with van der Waals surface area (Å²) in [6.07, 6.45) is 0.669. The number of benzene rings is 1. The van der Waals surface area contributed by atoms with E-state index in [0.29, 0.717) is 13.0 Å². The van der Waals surface area contributed by atoms with E-state index >= 15 is 0 Å². The van der Waals surface area contributed by atoms with Gasteiger partial charge in [-0.3, -0.25) is 0 Å². The van der Waals surface area contributed by atoms with E-state index in [2.05, 4.69) is 15.9 Å². The van der Waals surface area contributed by atoms with Crippen LogP contribution in [-0.2, 0) is 11.2 Å². The maximum Gasteiger partial charge on any atom is 0.143 e. The molecule has 0 aliphatic carbocycles. The predicted molar refractivity (Wildman–Crippen MR) is 66.8 cm³/mol. The number of ether oxygens (including phenoxy) is 1. The van der Waals surface area contributed by atoms with Gasteiger partial charge in [0.15, 0.2) is 0 Å². The third-order valence-electron chi connectivity index (χ3n) is 2.60. The first-order valence-electron chi connectivity index (χ1n) is 5.27. The second-order valence-electron chi connectivity index (χ2n) is 4.40. The van der Waals surface area contributed by atoms with Crippen LogP contribution in [0.1, 0.15) is 18.9 Å². The molecule has 0 saturated carbocycles. The van der Waals surface area contributed by atoms with E-state index in [1.54, 1.807) is 14.0 Å². The summed E-state index contributed by atoms with van der Waals surface area (Å²) < 4.78 is 32.4. The van der Waals surface area contributed by atoms with E-state index in [4.69, 9.17) is 10.5 Å². The third-order valence-corrected chi connectivity index (χ3v) is 3.21. The Morgan fingerprint density at radius 3 is 2.65 bits per heavy atom. The molecule has 0 aliphatic heterocycles. The summed E-state index contributed by atoms with van der Waals surface area (Å²) in [4.78, 5) is 0. The largest absolute Gasteiger partial charge is 0.385 e. The molecule has 0 aliphatic rings. The molecule has 0 saturated heterocycles. The van der Waals surface area contributed by atoms with E-state index in [1.165, 1.54) is 12.1 Å². The van der Waals surface area contributed by atoms with Crippen molar-refractivity contribution >= 4 is 15.9 Å². The molecule has 0 aromatic heterocycles. The number of nitrogens with two attached hydrogens (primary N) is 1. The number of hydrogen-bond donors (Lipinski definition) is 1. The van der Waals surface area contributed by atoms with Crippen molar-refractivity contribution in [3.8, 4) is 0 Å². The predicted octanol–water partition coefficient (Wildman–Crippen LogP) is 3.02. The van der Waals surface area contributed by atoms with Gasteiger partial charge in [0, 0.05) is 24.8 Å². The molecule has 1 rings (SSSR count). The summed E-state index contributed by atoms with van der Waals surface area (Å²) in [5, 5.41) is 0. The van der Waals surface area contributed by atoms with Gasteiger partial charge in [-0.05, 0) is 47.8 Å². The first-order chi connectivity index (χ1) is 7.87. The first-order valence-corrected chi connectivity index (χ1v) is 6.07. The number of rotatable bonds is 5. The Hall–Kier alpha value is -0.520. The summed E-state index contributed by atoms with van der Waals surface area (Å²) >= 11 is 3.03. The molecule has 1 aromatic carbocycles. The van der Waals surface area contributed by atoms with E-state index in [1.807, 2.05) is 0 Å². The zero-order valence-electron chi connectivity index (χ0n) is 9.90. The lowest BCUT2D eigenvalue weighted by atomic mass is 9.90.